The van der Waals surface area contributed by atoms with Crippen LogP contribution in [0.25, 0.3) is 5.83 Å². The van der Waals surface area contributed by atoms with Crippen molar-refractivity contribution in [1.29, 1.82) is 0 Å². The Bertz CT molecular complexity index is 1190. The third-order valence-electron chi connectivity index (χ3n) is 4.94. The molecule has 0 bridgehead atoms. The highest BCUT2D eigenvalue weighted by molar-refractivity contribution is 9.10. The number of urea groups is 1. The monoisotopic (exact) mass is 652 g/mol. The Hall–Kier alpha value is -1.95. The lowest BCUT2D eigenvalue weighted by Crippen LogP contribution is -2.43. The number of Topliss-reactive ketones (excluding diaryl/α,β-unsaturated/α-hetero) is 1. The summed E-state index contributed by atoms with van der Waals surface area (Å²) in [6, 6.07) is 4.68. The largest absolute Gasteiger partial charge is 0.405 e. The number of halogens is 10. The maximum absolute atomic E-state index is 15.1. The highest BCUT2D eigenvalue weighted by Gasteiger charge is 2.35. The molecule has 0 aliphatic carbocycles. The molecule has 1 N–H and O–H groups in total. The Morgan fingerprint density at radius 2 is 1.65 bits per heavy atom. The molecule has 14 heteroatoms. The van der Waals surface area contributed by atoms with Crippen LogP contribution in [0.5, 0.6) is 0 Å². The Morgan fingerprint density at radius 1 is 1.08 bits per heavy atom. The number of hydrogen-bond acceptors (Lipinski definition) is 2. The first kappa shape index (κ1) is 31.3. The molecule has 0 fully saturated rings. The summed E-state index contributed by atoms with van der Waals surface area (Å²) in [6.45, 7) is -1.56. The number of carbonyl (C=O) groups excluding carboxylic acids is 2. The predicted octanol–water partition coefficient (Wildman–Crippen LogP) is 8.55. The zero-order valence-electron chi connectivity index (χ0n) is 19.0. The molecule has 2 rings (SSSR count). The molecular weight excluding hydrogens is 637 g/mol. The van der Waals surface area contributed by atoms with Crippen LogP contribution in [0.3, 0.4) is 0 Å². The van der Waals surface area contributed by atoms with Crippen LogP contribution in [-0.2, 0) is 0 Å². The molecule has 2 aromatic rings. The third-order valence-corrected chi connectivity index (χ3v) is 6.79. The fraction of sp³-hybridized carbons (Fsp3) is 0.304. The van der Waals surface area contributed by atoms with Gasteiger partial charge in [0.1, 0.15) is 12.4 Å². The first-order valence-corrected chi connectivity index (χ1v) is 12.1. The molecule has 0 saturated carbocycles. The topological polar surface area (TPSA) is 49.4 Å². The van der Waals surface area contributed by atoms with Crippen LogP contribution >= 0.6 is 50.7 Å². The molecule has 0 saturated heterocycles. The van der Waals surface area contributed by atoms with Gasteiger partial charge in [0, 0.05) is 29.6 Å². The van der Waals surface area contributed by atoms with Crippen molar-refractivity contribution in [3.63, 3.8) is 0 Å². The van der Waals surface area contributed by atoms with Crippen molar-refractivity contribution in [2.24, 2.45) is 0 Å². The van der Waals surface area contributed by atoms with Crippen LogP contribution in [0.15, 0.2) is 40.9 Å². The average molecular weight is 655 g/mol. The van der Waals surface area contributed by atoms with Crippen LogP contribution in [0, 0.1) is 0 Å². The summed E-state index contributed by atoms with van der Waals surface area (Å²) in [7, 11) is 1.12. The quantitative estimate of drug-likeness (QED) is 0.176. The van der Waals surface area contributed by atoms with E-state index >= 15 is 4.39 Å². The van der Waals surface area contributed by atoms with Gasteiger partial charge >= 0.3 is 12.2 Å². The average Bonchev–Trinajstić information content (AvgIpc) is 2.77. The lowest BCUT2D eigenvalue weighted by Gasteiger charge is -2.22. The van der Waals surface area contributed by atoms with Gasteiger partial charge in [-0.25, -0.2) is 18.0 Å². The minimum atomic E-state index is -4.62. The van der Waals surface area contributed by atoms with E-state index in [1.54, 1.807) is 5.32 Å². The number of carbonyl (C=O) groups is 2. The van der Waals surface area contributed by atoms with E-state index in [4.69, 9.17) is 34.8 Å². The van der Waals surface area contributed by atoms with Gasteiger partial charge in [-0.15, -0.1) is 0 Å². The van der Waals surface area contributed by atoms with E-state index in [1.807, 2.05) is 0 Å². The van der Waals surface area contributed by atoms with Gasteiger partial charge in [0.2, 0.25) is 0 Å². The lowest BCUT2D eigenvalue weighted by molar-refractivity contribution is -0.123. The number of ketones is 1. The molecule has 0 heterocycles. The summed E-state index contributed by atoms with van der Waals surface area (Å²) in [4.78, 5) is 25.0. The molecule has 37 heavy (non-hydrogen) atoms. The molecule has 0 aliphatic heterocycles. The molecule has 2 amide bonds. The minimum Gasteiger partial charge on any atom is -0.329 e. The number of nitrogens with one attached hydrogen (secondary N) is 1. The number of hydrogen-bond donors (Lipinski definition) is 1. The van der Waals surface area contributed by atoms with Gasteiger partial charge in [0.25, 0.3) is 5.92 Å². The molecule has 0 spiro atoms. The summed E-state index contributed by atoms with van der Waals surface area (Å²) in [5.74, 6) is -6.92. The van der Waals surface area contributed by atoms with Crippen LogP contribution in [0.4, 0.5) is 31.1 Å². The Morgan fingerprint density at radius 3 is 2.14 bits per heavy atom. The maximum atomic E-state index is 15.1. The zero-order valence-corrected chi connectivity index (χ0v) is 22.9. The molecule has 202 valence electrons. The van der Waals surface area contributed by atoms with E-state index in [2.05, 4.69) is 15.9 Å². The van der Waals surface area contributed by atoms with Crippen LogP contribution in [-0.4, -0.2) is 49.0 Å². The number of nitrogens with zero attached hydrogens (tertiary/aromatic N) is 1. The molecule has 2 aromatic carbocycles. The van der Waals surface area contributed by atoms with Gasteiger partial charge in [-0.3, -0.25) is 4.79 Å². The SMILES string of the molecule is CN(CC(=O)c1ccc(/C(F)=C/C(c2cc(Cl)c(Cl)c(Cl)c2)C(C)(F)F)cc1Br)C(=O)NCC(F)(F)F. The highest BCUT2D eigenvalue weighted by atomic mass is 79.9. The normalized spacial score (nSPS) is 13.4. The van der Waals surface area contributed by atoms with Crippen LogP contribution in [0.2, 0.25) is 15.1 Å². The van der Waals surface area contributed by atoms with E-state index in [0.29, 0.717) is 13.0 Å². The van der Waals surface area contributed by atoms with Crippen molar-refractivity contribution in [3.8, 4) is 0 Å². The van der Waals surface area contributed by atoms with Crippen molar-refractivity contribution in [2.45, 2.75) is 24.9 Å². The van der Waals surface area contributed by atoms with E-state index in [0.717, 1.165) is 36.2 Å². The third kappa shape index (κ3) is 8.80. The van der Waals surface area contributed by atoms with Crippen molar-refractivity contribution in [2.75, 3.05) is 20.1 Å². The second kappa shape index (κ2) is 12.3. The first-order valence-electron chi connectivity index (χ1n) is 10.2. The van der Waals surface area contributed by atoms with Gasteiger partial charge in [-0.05, 0) is 35.9 Å². The summed E-state index contributed by atoms with van der Waals surface area (Å²) < 4.78 is 80.7. The fourth-order valence-electron chi connectivity index (χ4n) is 3.11. The fourth-order valence-corrected chi connectivity index (χ4v) is 4.32. The molecule has 4 nitrogen and oxygen atoms in total. The summed E-state index contributed by atoms with van der Waals surface area (Å²) in [5.41, 5.74) is -0.250. The number of alkyl halides is 5. The molecule has 1 atom stereocenters. The van der Waals surface area contributed by atoms with Crippen molar-refractivity contribution in [1.82, 2.24) is 10.2 Å². The summed E-state index contributed by atoms with van der Waals surface area (Å²) in [5, 5.41) is 1.41. The summed E-state index contributed by atoms with van der Waals surface area (Å²) >= 11 is 20.8. The van der Waals surface area contributed by atoms with Gasteiger partial charge in [-0.1, -0.05) is 56.8 Å². The van der Waals surface area contributed by atoms with Gasteiger partial charge in [0.05, 0.1) is 27.5 Å². The van der Waals surface area contributed by atoms with Gasteiger partial charge in [-0.2, -0.15) is 13.2 Å². The van der Waals surface area contributed by atoms with E-state index in [1.165, 1.54) is 6.07 Å². The van der Waals surface area contributed by atoms with Crippen molar-refractivity contribution >= 4 is 68.4 Å². The Labute approximate surface area is 231 Å². The molecule has 0 radical (unpaired) electrons. The second-order valence-electron chi connectivity index (χ2n) is 7.99. The molecule has 1 unspecified atom stereocenters. The number of allylic oxidation sites excluding steroid dienone is 1. The Kier molecular flexibility index (Phi) is 10.4. The maximum Gasteiger partial charge on any atom is 0.405 e. The van der Waals surface area contributed by atoms with Crippen molar-refractivity contribution in [3.05, 3.63) is 72.6 Å². The number of amides is 2. The number of rotatable bonds is 8. The zero-order chi connectivity index (χ0) is 28.3. The first-order chi connectivity index (χ1) is 16.9. The number of benzene rings is 2. The van der Waals surface area contributed by atoms with Gasteiger partial charge in [0.15, 0.2) is 5.78 Å². The minimum absolute atomic E-state index is 0.0133. The van der Waals surface area contributed by atoms with Crippen LogP contribution in [0.1, 0.15) is 34.3 Å². The second-order valence-corrected chi connectivity index (χ2v) is 10.0. The molecule has 0 aliphatic rings. The van der Waals surface area contributed by atoms with E-state index < -0.39 is 48.7 Å². The molecule has 0 aromatic heterocycles. The van der Waals surface area contributed by atoms with Gasteiger partial charge < -0.3 is 10.2 Å². The van der Waals surface area contributed by atoms with Crippen molar-refractivity contribution < 1.29 is 35.9 Å². The predicted molar refractivity (Wildman–Crippen MR) is 134 cm³/mol. The summed E-state index contributed by atoms with van der Waals surface area (Å²) in [6.07, 6.45) is -3.94. The standard InChI is InChI=1S/C23H18BrCl3F6N2O2/c1-22(29,30)14(12-6-16(25)20(27)17(26)7-12)8-18(28)11-3-4-13(15(24)5-11)19(36)9-35(2)21(37)34-10-23(31,32)33/h3-8,14H,9-10H2,1-2H3,(H,34,37)/b18-8-. The molecular formula is C23H18BrCl3F6N2O2. The highest BCUT2D eigenvalue weighted by Crippen LogP contribution is 2.41. The van der Waals surface area contributed by atoms with Crippen LogP contribution < -0.4 is 5.32 Å². The number of likely N-dealkylation sites (N-methyl/N-ethyl adjacent to an activating group) is 1. The lowest BCUT2D eigenvalue weighted by atomic mass is 9.92. The smallest absolute Gasteiger partial charge is 0.329 e. The van der Waals surface area contributed by atoms with E-state index in [9.17, 15) is 31.5 Å². The van der Waals surface area contributed by atoms with E-state index in [-0.39, 0.29) is 36.2 Å². The Balaban J connectivity index is 2.27.